The highest BCUT2D eigenvalue weighted by molar-refractivity contribution is 6.17. The fraction of sp³-hybridized carbons (Fsp3) is 0.700. The first kappa shape index (κ1) is 12.5. The van der Waals surface area contributed by atoms with Gasteiger partial charge in [-0.25, -0.2) is 4.98 Å². The van der Waals surface area contributed by atoms with Crippen LogP contribution in [0.1, 0.15) is 5.82 Å². The molecule has 0 unspecified atom stereocenters. The molecule has 0 fully saturated rings. The third kappa shape index (κ3) is 4.64. The van der Waals surface area contributed by atoms with Crippen molar-refractivity contribution in [3.05, 3.63) is 18.2 Å². The summed E-state index contributed by atoms with van der Waals surface area (Å²) in [6.07, 6.45) is 3.76. The second-order valence-corrected chi connectivity index (χ2v) is 3.87. The van der Waals surface area contributed by atoms with Crippen LogP contribution >= 0.6 is 11.6 Å². The highest BCUT2D eigenvalue weighted by atomic mass is 35.5. The van der Waals surface area contributed by atoms with E-state index in [1.165, 1.54) is 0 Å². The fourth-order valence-corrected chi connectivity index (χ4v) is 1.36. The molecule has 0 saturated carbocycles. The van der Waals surface area contributed by atoms with Gasteiger partial charge in [-0.3, -0.25) is 4.90 Å². The van der Waals surface area contributed by atoms with Gasteiger partial charge in [-0.15, -0.1) is 11.6 Å². The summed E-state index contributed by atoms with van der Waals surface area (Å²) in [6, 6.07) is 0. The van der Waals surface area contributed by atoms with Crippen molar-refractivity contribution in [1.29, 1.82) is 0 Å². The number of rotatable bonds is 7. The molecular weight excluding hydrogens is 214 g/mol. The van der Waals surface area contributed by atoms with Crippen LogP contribution in [0.2, 0.25) is 0 Å². The summed E-state index contributed by atoms with van der Waals surface area (Å²) >= 11 is 5.50. The van der Waals surface area contributed by atoms with Crippen molar-refractivity contribution in [2.24, 2.45) is 7.05 Å². The summed E-state index contributed by atoms with van der Waals surface area (Å²) in [5.41, 5.74) is 0. The largest absolute Gasteiger partial charge is 0.379 e. The minimum absolute atomic E-state index is 0.559. The van der Waals surface area contributed by atoms with Gasteiger partial charge in [-0.1, -0.05) is 0 Å². The van der Waals surface area contributed by atoms with Gasteiger partial charge in [0.2, 0.25) is 0 Å². The van der Waals surface area contributed by atoms with E-state index in [0.29, 0.717) is 19.1 Å². The molecule has 0 saturated heterocycles. The zero-order valence-corrected chi connectivity index (χ0v) is 10.1. The van der Waals surface area contributed by atoms with E-state index >= 15 is 0 Å². The molecule has 0 aliphatic heterocycles. The number of hydrogen-bond acceptors (Lipinski definition) is 3. The highest BCUT2D eigenvalue weighted by Gasteiger charge is 2.03. The van der Waals surface area contributed by atoms with Gasteiger partial charge in [-0.05, 0) is 7.05 Å². The van der Waals surface area contributed by atoms with Crippen LogP contribution in [0.4, 0.5) is 0 Å². The van der Waals surface area contributed by atoms with Crippen molar-refractivity contribution in [3.8, 4) is 0 Å². The molecule has 4 nitrogen and oxygen atoms in total. The lowest BCUT2D eigenvalue weighted by Gasteiger charge is -2.15. The molecule has 86 valence electrons. The lowest BCUT2D eigenvalue weighted by molar-refractivity contribution is 0.120. The van der Waals surface area contributed by atoms with Gasteiger partial charge < -0.3 is 9.30 Å². The topological polar surface area (TPSA) is 30.3 Å². The zero-order valence-electron chi connectivity index (χ0n) is 9.32. The van der Waals surface area contributed by atoms with Gasteiger partial charge in [0.05, 0.1) is 19.8 Å². The average Bonchev–Trinajstić information content (AvgIpc) is 2.59. The van der Waals surface area contributed by atoms with E-state index in [1.807, 2.05) is 24.0 Å². The second kappa shape index (κ2) is 6.82. The number of nitrogens with zero attached hydrogens (tertiary/aromatic N) is 3. The molecule has 1 aromatic heterocycles. The van der Waals surface area contributed by atoms with Crippen molar-refractivity contribution in [1.82, 2.24) is 14.5 Å². The highest BCUT2D eigenvalue weighted by Crippen LogP contribution is 1.98. The maximum atomic E-state index is 5.50. The third-order valence-corrected chi connectivity index (χ3v) is 2.33. The van der Waals surface area contributed by atoms with E-state index in [4.69, 9.17) is 16.3 Å². The Labute approximate surface area is 95.8 Å². The van der Waals surface area contributed by atoms with Crippen molar-refractivity contribution >= 4 is 11.6 Å². The maximum absolute atomic E-state index is 5.50. The van der Waals surface area contributed by atoms with Crippen LogP contribution in [-0.2, 0) is 18.3 Å². The van der Waals surface area contributed by atoms with Crippen LogP contribution in [-0.4, -0.2) is 47.1 Å². The van der Waals surface area contributed by atoms with E-state index in [2.05, 4.69) is 16.9 Å². The number of alkyl halides is 1. The Kier molecular flexibility index (Phi) is 5.68. The summed E-state index contributed by atoms with van der Waals surface area (Å²) in [4.78, 5) is 6.44. The van der Waals surface area contributed by atoms with Crippen molar-refractivity contribution < 1.29 is 4.74 Å². The molecule has 0 aliphatic carbocycles. The molecule has 0 amide bonds. The van der Waals surface area contributed by atoms with Crippen LogP contribution in [0.5, 0.6) is 0 Å². The Balaban J connectivity index is 2.18. The maximum Gasteiger partial charge on any atom is 0.122 e. The van der Waals surface area contributed by atoms with Crippen LogP contribution in [0.25, 0.3) is 0 Å². The van der Waals surface area contributed by atoms with Gasteiger partial charge in [0, 0.05) is 31.9 Å². The summed E-state index contributed by atoms with van der Waals surface area (Å²) in [5, 5.41) is 0. The van der Waals surface area contributed by atoms with Crippen LogP contribution in [0, 0.1) is 0 Å². The summed E-state index contributed by atoms with van der Waals surface area (Å²) in [5.74, 6) is 1.62. The quantitative estimate of drug-likeness (QED) is 0.520. The number of ether oxygens (including phenoxy) is 1. The smallest absolute Gasteiger partial charge is 0.122 e. The minimum Gasteiger partial charge on any atom is -0.379 e. The summed E-state index contributed by atoms with van der Waals surface area (Å²) in [7, 11) is 4.05. The van der Waals surface area contributed by atoms with Crippen LogP contribution in [0.3, 0.4) is 0 Å². The Morgan fingerprint density at radius 2 is 2.33 bits per heavy atom. The average molecular weight is 232 g/mol. The number of halogens is 1. The second-order valence-electron chi connectivity index (χ2n) is 3.49. The minimum atomic E-state index is 0.559. The monoisotopic (exact) mass is 231 g/mol. The van der Waals surface area contributed by atoms with Gasteiger partial charge in [0.25, 0.3) is 0 Å². The Hall–Kier alpha value is -0.580. The predicted octanol–water partition coefficient (Wildman–Crippen LogP) is 1.11. The molecule has 0 spiro atoms. The molecule has 5 heteroatoms. The molecule has 0 aliphatic rings. The SMILES string of the molecule is CN(CCOCCCl)Cc1nccn1C. The Bertz CT molecular complexity index is 277. The molecular formula is C10H18ClN3O. The van der Waals surface area contributed by atoms with Crippen LogP contribution < -0.4 is 0 Å². The van der Waals surface area contributed by atoms with Crippen molar-refractivity contribution in [2.45, 2.75) is 6.54 Å². The van der Waals surface area contributed by atoms with Crippen molar-refractivity contribution in [2.75, 3.05) is 32.7 Å². The standard InChI is InChI=1S/C10H18ClN3O/c1-13(6-8-15-7-3-11)9-10-12-4-5-14(10)2/h4-5H,3,6-9H2,1-2H3. The summed E-state index contributed by atoms with van der Waals surface area (Å²) < 4.78 is 7.33. The van der Waals surface area contributed by atoms with Gasteiger partial charge in [-0.2, -0.15) is 0 Å². The molecule has 0 aromatic carbocycles. The van der Waals surface area contributed by atoms with Crippen LogP contribution in [0.15, 0.2) is 12.4 Å². The van der Waals surface area contributed by atoms with Gasteiger partial charge in [0.1, 0.15) is 5.82 Å². The molecule has 0 N–H and O–H groups in total. The predicted molar refractivity (Wildman–Crippen MR) is 61.1 cm³/mol. The number of aryl methyl sites for hydroxylation is 1. The van der Waals surface area contributed by atoms with E-state index in [-0.39, 0.29) is 0 Å². The first-order valence-corrected chi connectivity index (χ1v) is 5.56. The van der Waals surface area contributed by atoms with Crippen molar-refractivity contribution in [3.63, 3.8) is 0 Å². The number of imidazole rings is 1. The summed E-state index contributed by atoms with van der Waals surface area (Å²) in [6.45, 7) is 3.07. The number of hydrogen-bond donors (Lipinski definition) is 0. The van der Waals surface area contributed by atoms with E-state index in [0.717, 1.165) is 18.9 Å². The van der Waals surface area contributed by atoms with Gasteiger partial charge >= 0.3 is 0 Å². The lowest BCUT2D eigenvalue weighted by Crippen LogP contribution is -2.24. The Morgan fingerprint density at radius 1 is 1.53 bits per heavy atom. The van der Waals surface area contributed by atoms with E-state index < -0.39 is 0 Å². The van der Waals surface area contributed by atoms with Gasteiger partial charge in [0.15, 0.2) is 0 Å². The third-order valence-electron chi connectivity index (χ3n) is 2.17. The number of aromatic nitrogens is 2. The molecule has 1 rings (SSSR count). The first-order chi connectivity index (χ1) is 7.24. The molecule has 1 heterocycles. The Morgan fingerprint density at radius 3 is 2.93 bits per heavy atom. The zero-order chi connectivity index (χ0) is 11.1. The number of likely N-dealkylation sites (N-methyl/N-ethyl adjacent to an activating group) is 1. The molecule has 15 heavy (non-hydrogen) atoms. The first-order valence-electron chi connectivity index (χ1n) is 5.02. The molecule has 1 aromatic rings. The molecule has 0 bridgehead atoms. The lowest BCUT2D eigenvalue weighted by atomic mass is 10.5. The molecule has 0 radical (unpaired) electrons. The van der Waals surface area contributed by atoms with E-state index in [1.54, 1.807) is 0 Å². The fourth-order valence-electron chi connectivity index (χ4n) is 1.25. The van der Waals surface area contributed by atoms with E-state index in [9.17, 15) is 0 Å². The normalized spacial score (nSPS) is 11.2. The molecule has 0 atom stereocenters.